The number of hydrogen-bond donors (Lipinski definition) is 1. The molecule has 1 fully saturated rings. The molecule has 1 aromatic heterocycles. The lowest BCUT2D eigenvalue weighted by atomic mass is 9.94. The van der Waals surface area contributed by atoms with Crippen LogP contribution in [0.15, 0.2) is 0 Å². The van der Waals surface area contributed by atoms with Crippen LogP contribution >= 0.6 is 11.3 Å². The molecule has 1 heterocycles. The SMILES string of the molecule is CCCc1nc(N(CC)C2CCCCC2)sc1C(=O)O. The molecule has 112 valence electrons. The lowest BCUT2D eigenvalue weighted by molar-refractivity contribution is 0.0700. The number of thiazole rings is 1. The number of aromatic nitrogens is 1. The minimum Gasteiger partial charge on any atom is -0.477 e. The Hall–Kier alpha value is -1.10. The monoisotopic (exact) mass is 296 g/mol. The second-order valence-electron chi connectivity index (χ2n) is 5.41. The zero-order chi connectivity index (χ0) is 14.5. The molecule has 1 aliphatic rings. The zero-order valence-electron chi connectivity index (χ0n) is 12.4. The summed E-state index contributed by atoms with van der Waals surface area (Å²) in [5.74, 6) is -0.836. The van der Waals surface area contributed by atoms with Crippen LogP contribution in [0.2, 0.25) is 0 Å². The number of anilines is 1. The molecule has 0 atom stereocenters. The molecule has 20 heavy (non-hydrogen) atoms. The summed E-state index contributed by atoms with van der Waals surface area (Å²) in [5.41, 5.74) is 0.759. The summed E-state index contributed by atoms with van der Waals surface area (Å²) in [6.45, 7) is 5.10. The van der Waals surface area contributed by atoms with Gasteiger partial charge in [0.1, 0.15) is 4.88 Å². The summed E-state index contributed by atoms with van der Waals surface area (Å²) >= 11 is 1.35. The van der Waals surface area contributed by atoms with E-state index in [1.807, 2.05) is 0 Å². The van der Waals surface area contributed by atoms with Gasteiger partial charge in [0.25, 0.3) is 0 Å². The summed E-state index contributed by atoms with van der Waals surface area (Å²) in [6.07, 6.45) is 7.98. The van der Waals surface area contributed by atoms with Crippen LogP contribution in [0, 0.1) is 0 Å². The largest absolute Gasteiger partial charge is 0.477 e. The third-order valence-corrected chi connectivity index (χ3v) is 5.09. The highest BCUT2D eigenvalue weighted by atomic mass is 32.1. The van der Waals surface area contributed by atoms with E-state index in [0.717, 1.165) is 30.2 Å². The van der Waals surface area contributed by atoms with E-state index in [0.29, 0.717) is 10.9 Å². The Morgan fingerprint density at radius 2 is 2.05 bits per heavy atom. The lowest BCUT2D eigenvalue weighted by Crippen LogP contribution is -2.36. The van der Waals surface area contributed by atoms with Gasteiger partial charge in [0.15, 0.2) is 5.13 Å². The standard InChI is InChI=1S/C15H24N2O2S/c1-3-8-12-13(14(18)19)20-15(16-12)17(4-2)11-9-6-5-7-10-11/h11H,3-10H2,1-2H3,(H,18,19). The second kappa shape index (κ2) is 7.07. The highest BCUT2D eigenvalue weighted by Crippen LogP contribution is 2.32. The minimum atomic E-state index is -0.836. The maximum absolute atomic E-state index is 11.3. The summed E-state index contributed by atoms with van der Waals surface area (Å²) in [7, 11) is 0. The normalized spacial score (nSPS) is 16.3. The number of rotatable bonds is 6. The van der Waals surface area contributed by atoms with Crippen molar-refractivity contribution in [3.63, 3.8) is 0 Å². The molecule has 1 aromatic rings. The van der Waals surface area contributed by atoms with Gasteiger partial charge in [0.05, 0.1) is 5.69 Å². The van der Waals surface area contributed by atoms with Gasteiger partial charge in [0.2, 0.25) is 0 Å². The summed E-state index contributed by atoms with van der Waals surface area (Å²) in [4.78, 5) is 18.7. The first-order chi connectivity index (χ1) is 9.67. The minimum absolute atomic E-state index is 0.427. The molecule has 1 N–H and O–H groups in total. The van der Waals surface area contributed by atoms with Gasteiger partial charge in [-0.05, 0) is 26.2 Å². The first kappa shape index (κ1) is 15.3. The lowest BCUT2D eigenvalue weighted by Gasteiger charge is -2.33. The highest BCUT2D eigenvalue weighted by Gasteiger charge is 2.25. The molecule has 4 nitrogen and oxygen atoms in total. The zero-order valence-corrected chi connectivity index (χ0v) is 13.2. The van der Waals surface area contributed by atoms with Crippen LogP contribution in [0.4, 0.5) is 5.13 Å². The average molecular weight is 296 g/mol. The first-order valence-electron chi connectivity index (χ1n) is 7.67. The molecule has 0 radical (unpaired) electrons. The van der Waals surface area contributed by atoms with Gasteiger partial charge >= 0.3 is 5.97 Å². The average Bonchev–Trinajstić information content (AvgIpc) is 2.85. The number of carboxylic acids is 1. The Kier molecular flexibility index (Phi) is 5.40. The topological polar surface area (TPSA) is 53.4 Å². The fourth-order valence-electron chi connectivity index (χ4n) is 2.98. The molecule has 0 aromatic carbocycles. The smallest absolute Gasteiger partial charge is 0.347 e. The van der Waals surface area contributed by atoms with E-state index in [2.05, 4.69) is 23.7 Å². The van der Waals surface area contributed by atoms with Crippen molar-refractivity contribution in [1.82, 2.24) is 4.98 Å². The molecule has 5 heteroatoms. The van der Waals surface area contributed by atoms with Crippen LogP contribution in [0.25, 0.3) is 0 Å². The van der Waals surface area contributed by atoms with Crippen molar-refractivity contribution < 1.29 is 9.90 Å². The van der Waals surface area contributed by atoms with Gasteiger partial charge in [-0.1, -0.05) is 43.9 Å². The Labute approximate surface area is 124 Å². The Bertz CT molecular complexity index is 453. The van der Waals surface area contributed by atoms with Crippen molar-refractivity contribution >= 4 is 22.4 Å². The fraction of sp³-hybridized carbons (Fsp3) is 0.733. The number of hydrogen-bond acceptors (Lipinski definition) is 4. The van der Waals surface area contributed by atoms with E-state index >= 15 is 0 Å². The van der Waals surface area contributed by atoms with Gasteiger partial charge in [-0.2, -0.15) is 0 Å². The van der Waals surface area contributed by atoms with Crippen molar-refractivity contribution in [2.75, 3.05) is 11.4 Å². The molecular weight excluding hydrogens is 272 g/mol. The second-order valence-corrected chi connectivity index (χ2v) is 6.38. The molecule has 0 bridgehead atoms. The van der Waals surface area contributed by atoms with E-state index in [1.165, 1.54) is 43.4 Å². The van der Waals surface area contributed by atoms with Crippen LogP contribution in [-0.2, 0) is 6.42 Å². The summed E-state index contributed by atoms with van der Waals surface area (Å²) < 4.78 is 0. The van der Waals surface area contributed by atoms with Crippen LogP contribution in [0.3, 0.4) is 0 Å². The molecular formula is C15H24N2O2S. The van der Waals surface area contributed by atoms with E-state index in [4.69, 9.17) is 0 Å². The maximum atomic E-state index is 11.3. The van der Waals surface area contributed by atoms with Crippen LogP contribution in [0.1, 0.15) is 67.7 Å². The van der Waals surface area contributed by atoms with E-state index < -0.39 is 5.97 Å². The van der Waals surface area contributed by atoms with Crippen molar-refractivity contribution in [2.45, 2.75) is 64.8 Å². The van der Waals surface area contributed by atoms with Crippen molar-refractivity contribution in [2.24, 2.45) is 0 Å². The molecule has 0 saturated heterocycles. The molecule has 0 amide bonds. The molecule has 0 aliphatic heterocycles. The Morgan fingerprint density at radius 1 is 1.35 bits per heavy atom. The fourth-order valence-corrected chi connectivity index (χ4v) is 4.06. The summed E-state index contributed by atoms with van der Waals surface area (Å²) in [5, 5.41) is 10.2. The number of carbonyl (C=O) groups is 1. The van der Waals surface area contributed by atoms with Crippen molar-refractivity contribution in [1.29, 1.82) is 0 Å². The molecule has 0 spiro atoms. The third kappa shape index (κ3) is 3.32. The number of aryl methyl sites for hydroxylation is 1. The van der Waals surface area contributed by atoms with Gasteiger partial charge < -0.3 is 10.0 Å². The van der Waals surface area contributed by atoms with E-state index in [9.17, 15) is 9.90 Å². The van der Waals surface area contributed by atoms with Crippen molar-refractivity contribution in [3.8, 4) is 0 Å². The van der Waals surface area contributed by atoms with Gasteiger partial charge in [-0.15, -0.1) is 0 Å². The first-order valence-corrected chi connectivity index (χ1v) is 8.48. The van der Waals surface area contributed by atoms with E-state index in [-0.39, 0.29) is 0 Å². The molecule has 2 rings (SSSR count). The van der Waals surface area contributed by atoms with Gasteiger partial charge in [-0.3, -0.25) is 0 Å². The van der Waals surface area contributed by atoms with Gasteiger partial charge in [0, 0.05) is 12.6 Å². The number of carboxylic acid groups (broad SMARTS) is 1. The number of aromatic carboxylic acids is 1. The summed E-state index contributed by atoms with van der Waals surface area (Å²) in [6, 6.07) is 0.538. The quantitative estimate of drug-likeness (QED) is 0.863. The predicted octanol–water partition coefficient (Wildman–Crippen LogP) is 3.95. The van der Waals surface area contributed by atoms with Crippen LogP contribution < -0.4 is 4.90 Å². The Balaban J connectivity index is 2.24. The maximum Gasteiger partial charge on any atom is 0.347 e. The van der Waals surface area contributed by atoms with Crippen LogP contribution in [0.5, 0.6) is 0 Å². The Morgan fingerprint density at radius 3 is 2.60 bits per heavy atom. The highest BCUT2D eigenvalue weighted by molar-refractivity contribution is 7.17. The van der Waals surface area contributed by atoms with Crippen molar-refractivity contribution in [3.05, 3.63) is 10.6 Å². The number of nitrogens with zero attached hydrogens (tertiary/aromatic N) is 2. The molecule has 0 unspecified atom stereocenters. The predicted molar refractivity (Wildman–Crippen MR) is 83.0 cm³/mol. The third-order valence-electron chi connectivity index (χ3n) is 3.97. The van der Waals surface area contributed by atoms with Crippen LogP contribution in [-0.4, -0.2) is 28.6 Å². The molecule has 1 aliphatic carbocycles. The van der Waals surface area contributed by atoms with E-state index in [1.54, 1.807) is 0 Å². The molecule has 1 saturated carbocycles. The van der Waals surface area contributed by atoms with Gasteiger partial charge in [-0.25, -0.2) is 9.78 Å².